The number of azo groups is 1. The van der Waals surface area contributed by atoms with Gasteiger partial charge >= 0.3 is 11.4 Å². The number of H-pyrrole nitrogens is 3. The molecule has 0 aromatic carbocycles. The summed E-state index contributed by atoms with van der Waals surface area (Å²) in [5.74, 6) is -0.827. The van der Waals surface area contributed by atoms with Gasteiger partial charge in [0.1, 0.15) is 0 Å². The molecule has 0 unspecified atom stereocenters. The van der Waals surface area contributed by atoms with Crippen LogP contribution in [-0.4, -0.2) is 34.2 Å². The summed E-state index contributed by atoms with van der Waals surface area (Å²) in [6.45, 7) is 3.52. The van der Waals surface area contributed by atoms with E-state index in [0.29, 0.717) is 0 Å². The van der Waals surface area contributed by atoms with Gasteiger partial charge in [0.15, 0.2) is 11.2 Å². The summed E-state index contributed by atoms with van der Waals surface area (Å²) in [5, 5.41) is 17.1. The predicted molar refractivity (Wildman–Crippen MR) is 89.5 cm³/mol. The van der Waals surface area contributed by atoms with Gasteiger partial charge in [-0.05, 0) is 13.8 Å². The third-order valence-electron chi connectivity index (χ3n) is 3.59. The lowest BCUT2D eigenvalue weighted by Crippen LogP contribution is -2.29. The molecule has 3 aromatic heterocycles. The van der Waals surface area contributed by atoms with E-state index in [-0.39, 0.29) is 23.2 Å². The van der Waals surface area contributed by atoms with Crippen molar-refractivity contribution in [3.05, 3.63) is 41.7 Å². The molecule has 0 aliphatic rings. The molecule has 0 bridgehead atoms. The van der Waals surface area contributed by atoms with Crippen molar-refractivity contribution in [1.29, 1.82) is 0 Å². The first-order valence-electron chi connectivity index (χ1n) is 7.39. The number of aromatic hydroxyl groups is 1. The van der Waals surface area contributed by atoms with E-state index >= 15 is 0 Å². The Morgan fingerprint density at radius 1 is 1.04 bits per heavy atom. The third-order valence-corrected chi connectivity index (χ3v) is 3.59. The highest BCUT2D eigenvalue weighted by molar-refractivity contribution is 5.73. The molecule has 0 saturated carbocycles. The number of aromatic amines is 3. The number of hydrogen-bond acceptors (Lipinski definition) is 8. The lowest BCUT2D eigenvalue weighted by atomic mass is 10.3. The van der Waals surface area contributed by atoms with Crippen molar-refractivity contribution in [3.63, 3.8) is 0 Å². The zero-order valence-corrected chi connectivity index (χ0v) is 13.9. The fourth-order valence-corrected chi connectivity index (χ4v) is 2.41. The third kappa shape index (κ3) is 2.64. The maximum absolute atomic E-state index is 12.2. The lowest BCUT2D eigenvalue weighted by molar-refractivity contribution is 0.450. The fraction of sp³-hybridized carbons (Fsp3) is 0.308. The molecule has 3 rings (SSSR count). The molecule has 0 fully saturated rings. The molecule has 3 heterocycles. The van der Waals surface area contributed by atoms with Gasteiger partial charge in [-0.2, -0.15) is 4.98 Å². The number of aromatic nitrogens is 6. The molecule has 0 amide bonds. The van der Waals surface area contributed by atoms with Crippen LogP contribution in [0.15, 0.2) is 29.4 Å². The SMILES string of the molecule is CC(C)n1c(N=Nc2c(O)[nH]c(=O)[nH]c2=O)nc2c1c(=O)[nH]c(=O)n2C. The van der Waals surface area contributed by atoms with Crippen molar-refractivity contribution in [2.75, 3.05) is 0 Å². The standard InChI is InChI=1S/C13H14N8O5/c1-4(2)21-6-7(20(3)13(26)17-10(6)24)14-11(21)19-18-5-8(22)15-12(25)16-9(5)23/h4H,1-3H3,(H,17,24,26)(H3,15,16,22,23,25). The number of imidazole rings is 1. The zero-order chi connectivity index (χ0) is 19.2. The molecule has 136 valence electrons. The van der Waals surface area contributed by atoms with Gasteiger partial charge in [0.2, 0.25) is 11.6 Å². The number of aryl methyl sites for hydroxylation is 1. The first kappa shape index (κ1) is 17.1. The van der Waals surface area contributed by atoms with Crippen molar-refractivity contribution in [3.8, 4) is 5.88 Å². The van der Waals surface area contributed by atoms with Crippen LogP contribution in [0.2, 0.25) is 0 Å². The van der Waals surface area contributed by atoms with Crippen LogP contribution >= 0.6 is 0 Å². The van der Waals surface area contributed by atoms with Gasteiger partial charge in [0.25, 0.3) is 17.1 Å². The molecule has 0 saturated heterocycles. The van der Waals surface area contributed by atoms with Crippen molar-refractivity contribution in [2.24, 2.45) is 17.3 Å². The van der Waals surface area contributed by atoms with E-state index < -0.39 is 34.1 Å². The van der Waals surface area contributed by atoms with E-state index in [1.165, 1.54) is 11.6 Å². The minimum absolute atomic E-state index is 0.0632. The van der Waals surface area contributed by atoms with Crippen LogP contribution < -0.4 is 22.5 Å². The normalized spacial score (nSPS) is 11.8. The van der Waals surface area contributed by atoms with Gasteiger partial charge in [-0.25, -0.2) is 9.59 Å². The molecule has 0 aliphatic heterocycles. The van der Waals surface area contributed by atoms with E-state index in [1.54, 1.807) is 13.8 Å². The largest absolute Gasteiger partial charge is 0.493 e. The van der Waals surface area contributed by atoms with E-state index in [9.17, 15) is 24.3 Å². The van der Waals surface area contributed by atoms with E-state index in [0.717, 1.165) is 4.57 Å². The van der Waals surface area contributed by atoms with Gasteiger partial charge in [0.05, 0.1) is 0 Å². The maximum atomic E-state index is 12.2. The van der Waals surface area contributed by atoms with Crippen LogP contribution in [0, 0.1) is 0 Å². The molecule has 0 spiro atoms. The van der Waals surface area contributed by atoms with Crippen molar-refractivity contribution < 1.29 is 5.11 Å². The summed E-state index contributed by atoms with van der Waals surface area (Å²) < 4.78 is 2.56. The van der Waals surface area contributed by atoms with Crippen molar-refractivity contribution in [1.82, 2.24) is 29.1 Å². The summed E-state index contributed by atoms with van der Waals surface area (Å²) in [7, 11) is 1.43. The Balaban J connectivity index is 2.28. The summed E-state index contributed by atoms with van der Waals surface area (Å²) in [6.07, 6.45) is 0. The highest BCUT2D eigenvalue weighted by Crippen LogP contribution is 2.25. The average molecular weight is 362 g/mol. The smallest absolute Gasteiger partial charge is 0.329 e. The summed E-state index contributed by atoms with van der Waals surface area (Å²) >= 11 is 0. The topological polar surface area (TPSA) is 183 Å². The number of rotatable bonds is 3. The first-order valence-corrected chi connectivity index (χ1v) is 7.39. The van der Waals surface area contributed by atoms with Gasteiger partial charge in [-0.1, -0.05) is 0 Å². The van der Waals surface area contributed by atoms with Crippen LogP contribution in [0.4, 0.5) is 11.6 Å². The molecule has 0 aliphatic carbocycles. The highest BCUT2D eigenvalue weighted by Gasteiger charge is 2.19. The molecule has 26 heavy (non-hydrogen) atoms. The second kappa shape index (κ2) is 5.94. The Morgan fingerprint density at radius 3 is 2.35 bits per heavy atom. The number of fused-ring (bicyclic) bond motifs is 1. The maximum Gasteiger partial charge on any atom is 0.329 e. The van der Waals surface area contributed by atoms with Gasteiger partial charge in [-0.3, -0.25) is 33.7 Å². The van der Waals surface area contributed by atoms with Crippen molar-refractivity contribution in [2.45, 2.75) is 19.9 Å². The second-order valence-electron chi connectivity index (χ2n) is 5.67. The summed E-state index contributed by atoms with van der Waals surface area (Å²) in [4.78, 5) is 56.9. The zero-order valence-electron chi connectivity index (χ0n) is 13.9. The monoisotopic (exact) mass is 362 g/mol. The molecule has 4 N–H and O–H groups in total. The minimum Gasteiger partial charge on any atom is -0.493 e. The quantitative estimate of drug-likeness (QED) is 0.455. The van der Waals surface area contributed by atoms with Crippen LogP contribution in [0.3, 0.4) is 0 Å². The average Bonchev–Trinajstić information content (AvgIpc) is 2.92. The fourth-order valence-electron chi connectivity index (χ4n) is 2.41. The Labute approximate surface area is 142 Å². The lowest BCUT2D eigenvalue weighted by Gasteiger charge is -2.09. The van der Waals surface area contributed by atoms with E-state index in [4.69, 9.17) is 0 Å². The van der Waals surface area contributed by atoms with Crippen LogP contribution in [0.25, 0.3) is 11.2 Å². The van der Waals surface area contributed by atoms with E-state index in [2.05, 4.69) is 20.2 Å². The summed E-state index contributed by atoms with van der Waals surface area (Å²) in [5.41, 5.74) is -3.48. The molecule has 3 aromatic rings. The Kier molecular flexibility index (Phi) is 3.90. The van der Waals surface area contributed by atoms with Gasteiger partial charge < -0.3 is 5.11 Å². The minimum atomic E-state index is -0.951. The number of nitrogens with zero attached hydrogens (tertiary/aromatic N) is 5. The number of hydrogen-bond donors (Lipinski definition) is 4. The molecule has 13 nitrogen and oxygen atoms in total. The Morgan fingerprint density at radius 2 is 1.73 bits per heavy atom. The Bertz CT molecular complexity index is 1270. The molecular formula is C13H14N8O5. The molecule has 13 heteroatoms. The first-order chi connectivity index (χ1) is 12.2. The molecule has 0 atom stereocenters. The van der Waals surface area contributed by atoms with Gasteiger partial charge in [0, 0.05) is 13.1 Å². The molecular weight excluding hydrogens is 348 g/mol. The second-order valence-corrected chi connectivity index (χ2v) is 5.67. The van der Waals surface area contributed by atoms with Crippen molar-refractivity contribution >= 4 is 22.8 Å². The summed E-state index contributed by atoms with van der Waals surface area (Å²) in [6, 6.07) is -0.282. The number of nitrogens with one attached hydrogen (secondary N) is 3. The Hall–Kier alpha value is -3.77. The van der Waals surface area contributed by atoms with E-state index in [1.807, 2.05) is 9.97 Å². The predicted octanol–water partition coefficient (Wildman–Crippen LogP) is -0.498. The van der Waals surface area contributed by atoms with Crippen LogP contribution in [0.1, 0.15) is 19.9 Å². The van der Waals surface area contributed by atoms with Gasteiger partial charge in [-0.15, -0.1) is 10.2 Å². The molecule has 0 radical (unpaired) electrons. The van der Waals surface area contributed by atoms with Crippen LogP contribution in [0.5, 0.6) is 5.88 Å². The van der Waals surface area contributed by atoms with Crippen LogP contribution in [-0.2, 0) is 7.05 Å². The highest BCUT2D eigenvalue weighted by atomic mass is 16.3.